The Bertz CT molecular complexity index is 1270. The first-order valence-corrected chi connectivity index (χ1v) is 12.2. The SMILES string of the molecule is C=S(C)(=O)Nc1cc(OC)c2c(Nc3ccc(F)cc3OC3COCC3OC)ncnc2c1. The molecule has 1 aliphatic heterocycles. The summed E-state index contributed by atoms with van der Waals surface area (Å²) in [6.45, 7) is 0.738. The molecule has 33 heavy (non-hydrogen) atoms. The van der Waals surface area contributed by atoms with Gasteiger partial charge in [-0.3, -0.25) is 0 Å². The van der Waals surface area contributed by atoms with Crippen LogP contribution in [0.3, 0.4) is 0 Å². The van der Waals surface area contributed by atoms with Crippen molar-refractivity contribution in [2.24, 2.45) is 0 Å². The molecular weight excluding hydrogens is 451 g/mol. The average Bonchev–Trinajstić information content (AvgIpc) is 3.21. The van der Waals surface area contributed by atoms with Crippen molar-refractivity contribution in [3.05, 3.63) is 42.5 Å². The summed E-state index contributed by atoms with van der Waals surface area (Å²) in [6, 6.07) is 7.59. The van der Waals surface area contributed by atoms with Crippen LogP contribution in [0.2, 0.25) is 0 Å². The number of nitrogens with zero attached hydrogens (tertiary/aromatic N) is 2. The summed E-state index contributed by atoms with van der Waals surface area (Å²) in [4.78, 5) is 8.67. The highest BCUT2D eigenvalue weighted by molar-refractivity contribution is 8.00. The van der Waals surface area contributed by atoms with Gasteiger partial charge < -0.3 is 29.0 Å². The molecule has 1 aliphatic rings. The Morgan fingerprint density at radius 2 is 1.94 bits per heavy atom. The minimum absolute atomic E-state index is 0.256. The zero-order valence-electron chi connectivity index (χ0n) is 18.5. The van der Waals surface area contributed by atoms with E-state index in [0.29, 0.717) is 52.8 Å². The lowest BCUT2D eigenvalue weighted by atomic mass is 10.2. The Labute approximate surface area is 191 Å². The maximum Gasteiger partial charge on any atom is 0.150 e. The third kappa shape index (κ3) is 5.27. The minimum Gasteiger partial charge on any atom is -0.496 e. The van der Waals surface area contributed by atoms with Crippen LogP contribution < -0.4 is 19.5 Å². The highest BCUT2D eigenvalue weighted by Gasteiger charge is 2.31. The zero-order chi connectivity index (χ0) is 23.6. The number of aromatic nitrogens is 2. The van der Waals surface area contributed by atoms with Crippen LogP contribution in [0.5, 0.6) is 11.5 Å². The summed E-state index contributed by atoms with van der Waals surface area (Å²) in [5.74, 6) is 4.34. The monoisotopic (exact) mass is 476 g/mol. The number of hydrogen-bond acceptors (Lipinski definition) is 8. The number of nitrogens with one attached hydrogen (secondary N) is 2. The maximum absolute atomic E-state index is 14.0. The molecule has 0 radical (unpaired) electrons. The minimum atomic E-state index is -2.49. The third-order valence-corrected chi connectivity index (χ3v) is 5.68. The quantitative estimate of drug-likeness (QED) is 0.479. The van der Waals surface area contributed by atoms with Gasteiger partial charge in [0.15, 0.2) is 6.10 Å². The van der Waals surface area contributed by atoms with Crippen LogP contribution in [0.1, 0.15) is 0 Å². The lowest BCUT2D eigenvalue weighted by Gasteiger charge is -2.21. The molecule has 3 unspecified atom stereocenters. The lowest BCUT2D eigenvalue weighted by Crippen LogP contribution is -2.31. The predicted molar refractivity (Wildman–Crippen MR) is 127 cm³/mol. The molecular formula is C22H25FN4O5S. The fourth-order valence-corrected chi connectivity index (χ4v) is 4.17. The van der Waals surface area contributed by atoms with Gasteiger partial charge in [0.05, 0.1) is 42.6 Å². The summed E-state index contributed by atoms with van der Waals surface area (Å²) in [7, 11) is 0.597. The fourth-order valence-electron chi connectivity index (χ4n) is 3.55. The first-order chi connectivity index (χ1) is 15.8. The van der Waals surface area contributed by atoms with Crippen LogP contribution in [-0.4, -0.2) is 65.9 Å². The second kappa shape index (κ2) is 9.38. The number of benzene rings is 2. The van der Waals surface area contributed by atoms with E-state index in [2.05, 4.69) is 25.9 Å². The van der Waals surface area contributed by atoms with E-state index < -0.39 is 15.5 Å². The largest absolute Gasteiger partial charge is 0.496 e. The number of rotatable bonds is 8. The van der Waals surface area contributed by atoms with Gasteiger partial charge >= 0.3 is 0 Å². The summed E-state index contributed by atoms with van der Waals surface area (Å²) in [6.07, 6.45) is 2.25. The number of methoxy groups -OCH3 is 2. The number of fused-ring (bicyclic) bond motifs is 1. The van der Waals surface area contributed by atoms with E-state index in [4.69, 9.17) is 18.9 Å². The van der Waals surface area contributed by atoms with Crippen LogP contribution in [0.4, 0.5) is 21.6 Å². The third-order valence-electron chi connectivity index (χ3n) is 5.01. The molecule has 3 atom stereocenters. The van der Waals surface area contributed by atoms with E-state index >= 15 is 0 Å². The molecule has 1 fully saturated rings. The van der Waals surface area contributed by atoms with Gasteiger partial charge in [0, 0.05) is 35.2 Å². The molecule has 1 aromatic heterocycles. The van der Waals surface area contributed by atoms with Gasteiger partial charge in [-0.05, 0) is 24.1 Å². The van der Waals surface area contributed by atoms with Crippen molar-refractivity contribution >= 4 is 43.7 Å². The molecule has 3 aromatic rings. The second-order valence-electron chi connectivity index (χ2n) is 7.64. The van der Waals surface area contributed by atoms with Gasteiger partial charge in [0.1, 0.15) is 35.6 Å². The van der Waals surface area contributed by atoms with Crippen LogP contribution in [0, 0.1) is 5.82 Å². The van der Waals surface area contributed by atoms with Gasteiger partial charge in [-0.1, -0.05) is 0 Å². The highest BCUT2D eigenvalue weighted by Crippen LogP contribution is 2.37. The van der Waals surface area contributed by atoms with E-state index in [1.54, 1.807) is 25.3 Å². The number of ether oxygens (including phenoxy) is 4. The first kappa shape index (κ1) is 23.0. The number of halogens is 1. The van der Waals surface area contributed by atoms with E-state index in [1.807, 2.05) is 0 Å². The molecule has 0 aliphatic carbocycles. The van der Waals surface area contributed by atoms with E-state index in [-0.39, 0.29) is 12.2 Å². The van der Waals surface area contributed by atoms with Gasteiger partial charge in [0.25, 0.3) is 0 Å². The molecule has 9 nitrogen and oxygen atoms in total. The summed E-state index contributed by atoms with van der Waals surface area (Å²) < 4.78 is 51.4. The molecule has 2 aromatic carbocycles. The fraction of sp³-hybridized carbons (Fsp3) is 0.318. The zero-order valence-corrected chi connectivity index (χ0v) is 19.3. The molecule has 0 saturated carbocycles. The predicted octanol–water partition coefficient (Wildman–Crippen LogP) is 2.99. The molecule has 4 rings (SSSR count). The normalized spacial score (nSPS) is 19.8. The van der Waals surface area contributed by atoms with Gasteiger partial charge in [-0.15, -0.1) is 0 Å². The van der Waals surface area contributed by atoms with E-state index in [9.17, 15) is 8.60 Å². The lowest BCUT2D eigenvalue weighted by molar-refractivity contribution is 0.0328. The molecule has 1 saturated heterocycles. The number of anilines is 3. The average molecular weight is 477 g/mol. The Morgan fingerprint density at radius 3 is 2.67 bits per heavy atom. The second-order valence-corrected chi connectivity index (χ2v) is 9.85. The van der Waals surface area contributed by atoms with Gasteiger partial charge in [0.2, 0.25) is 0 Å². The van der Waals surface area contributed by atoms with Crippen molar-refractivity contribution in [1.29, 1.82) is 0 Å². The molecule has 0 bridgehead atoms. The summed E-state index contributed by atoms with van der Waals surface area (Å²) in [5, 5.41) is 3.79. The molecule has 0 amide bonds. The van der Waals surface area contributed by atoms with Crippen LogP contribution in [0.25, 0.3) is 10.9 Å². The van der Waals surface area contributed by atoms with Crippen LogP contribution >= 0.6 is 0 Å². The van der Waals surface area contributed by atoms with Crippen molar-refractivity contribution in [2.75, 3.05) is 43.7 Å². The molecule has 2 heterocycles. The molecule has 11 heteroatoms. The molecule has 176 valence electrons. The maximum atomic E-state index is 14.0. The van der Waals surface area contributed by atoms with E-state index in [1.165, 1.54) is 31.8 Å². The van der Waals surface area contributed by atoms with Crippen molar-refractivity contribution in [3.63, 3.8) is 0 Å². The summed E-state index contributed by atoms with van der Waals surface area (Å²) >= 11 is 0. The highest BCUT2D eigenvalue weighted by atomic mass is 32.2. The standard InChI is InChI=1S/C22H25FN4O5S/c1-29-18-9-14(27-33(3,4)28)8-16-21(18)22(25-12-24-16)26-15-6-5-13(23)7-17(15)32-20-11-31-10-19(20)30-2/h5-9,12,19-20H,3,10-11H2,1-2,4H3,(H,27,28)(H,24,25,26). The topological polar surface area (TPSA) is 104 Å². The van der Waals surface area contributed by atoms with Gasteiger partial charge in [-0.25, -0.2) is 18.6 Å². The van der Waals surface area contributed by atoms with Crippen LogP contribution in [-0.2, 0) is 19.2 Å². The molecule has 0 spiro atoms. The van der Waals surface area contributed by atoms with E-state index in [0.717, 1.165) is 0 Å². The molecule has 2 N–H and O–H groups in total. The van der Waals surface area contributed by atoms with Crippen molar-refractivity contribution in [2.45, 2.75) is 12.2 Å². The van der Waals surface area contributed by atoms with Crippen molar-refractivity contribution in [3.8, 4) is 11.5 Å². The Balaban J connectivity index is 1.72. The Kier molecular flexibility index (Phi) is 6.54. The smallest absolute Gasteiger partial charge is 0.150 e. The van der Waals surface area contributed by atoms with Crippen LogP contribution in [0.15, 0.2) is 36.7 Å². The Hall–Kier alpha value is -3.15. The first-order valence-electron chi connectivity index (χ1n) is 10.0. The Morgan fingerprint density at radius 1 is 1.15 bits per heavy atom. The summed E-state index contributed by atoms with van der Waals surface area (Å²) in [5.41, 5.74) is 1.59. The number of hydrogen-bond donors (Lipinski definition) is 2. The van der Waals surface area contributed by atoms with Crippen molar-refractivity contribution in [1.82, 2.24) is 9.97 Å². The van der Waals surface area contributed by atoms with Gasteiger partial charge in [-0.2, -0.15) is 0 Å². The van der Waals surface area contributed by atoms with Crippen molar-refractivity contribution < 1.29 is 27.5 Å².